The van der Waals surface area contributed by atoms with Crippen molar-refractivity contribution in [1.82, 2.24) is 4.90 Å². The summed E-state index contributed by atoms with van der Waals surface area (Å²) >= 11 is 0. The van der Waals surface area contributed by atoms with E-state index >= 15 is 0 Å². The van der Waals surface area contributed by atoms with Crippen molar-refractivity contribution in [3.05, 3.63) is 66.2 Å². The van der Waals surface area contributed by atoms with Crippen molar-refractivity contribution >= 4 is 5.91 Å². The van der Waals surface area contributed by atoms with Crippen LogP contribution < -0.4 is 4.74 Å². The van der Waals surface area contributed by atoms with Gasteiger partial charge >= 0.3 is 0 Å². The lowest BCUT2D eigenvalue weighted by Crippen LogP contribution is -2.36. The highest BCUT2D eigenvalue weighted by Gasteiger charge is 2.32. The Balaban J connectivity index is 1.82. The van der Waals surface area contributed by atoms with Crippen molar-refractivity contribution in [3.8, 4) is 5.75 Å². The van der Waals surface area contributed by atoms with Crippen LogP contribution in [0.4, 0.5) is 0 Å². The smallest absolute Gasteiger partial charge is 0.268 e. The van der Waals surface area contributed by atoms with E-state index in [4.69, 9.17) is 4.74 Å². The molecule has 0 aromatic heterocycles. The van der Waals surface area contributed by atoms with Crippen molar-refractivity contribution in [2.75, 3.05) is 19.7 Å². The lowest BCUT2D eigenvalue weighted by Gasteiger charge is -2.24. The number of hydrogen-bond donors (Lipinski definition) is 1. The van der Waals surface area contributed by atoms with Crippen molar-refractivity contribution in [1.29, 1.82) is 0 Å². The lowest BCUT2D eigenvalue weighted by molar-refractivity contribution is -0.138. The third-order valence-corrected chi connectivity index (χ3v) is 4.18. The summed E-state index contributed by atoms with van der Waals surface area (Å²) in [6.45, 7) is 1.39. The van der Waals surface area contributed by atoms with Gasteiger partial charge in [-0.25, -0.2) is 0 Å². The molecule has 0 aliphatic carbocycles. The molecule has 2 unspecified atom stereocenters. The molecule has 0 saturated carbocycles. The monoisotopic (exact) mass is 311 g/mol. The molecule has 1 aliphatic heterocycles. The fraction of sp³-hybridized carbons (Fsp3) is 0.316. The number of aliphatic hydroxyl groups excluding tert-OH is 1. The van der Waals surface area contributed by atoms with Gasteiger partial charge < -0.3 is 14.7 Å². The molecule has 0 spiro atoms. The maximum atomic E-state index is 12.9. The van der Waals surface area contributed by atoms with Crippen molar-refractivity contribution in [2.45, 2.75) is 12.5 Å². The fourth-order valence-corrected chi connectivity index (χ4v) is 2.87. The molecule has 2 aromatic rings. The molecule has 1 heterocycles. The highest BCUT2D eigenvalue weighted by atomic mass is 16.5. The Hall–Kier alpha value is -2.33. The van der Waals surface area contributed by atoms with Gasteiger partial charge in [-0.2, -0.15) is 0 Å². The van der Waals surface area contributed by atoms with Crippen molar-refractivity contribution in [3.63, 3.8) is 0 Å². The topological polar surface area (TPSA) is 49.8 Å². The second kappa shape index (κ2) is 7.29. The van der Waals surface area contributed by atoms with E-state index in [9.17, 15) is 9.90 Å². The second-order valence-electron chi connectivity index (χ2n) is 5.84. The number of amides is 1. The van der Waals surface area contributed by atoms with Gasteiger partial charge in [-0.3, -0.25) is 4.79 Å². The van der Waals surface area contributed by atoms with Gasteiger partial charge in [0.2, 0.25) is 6.10 Å². The number of para-hydroxylation sites is 1. The van der Waals surface area contributed by atoms with Gasteiger partial charge in [-0.1, -0.05) is 48.5 Å². The number of ether oxygens (including phenoxy) is 1. The Labute approximate surface area is 136 Å². The molecule has 4 heteroatoms. The van der Waals surface area contributed by atoms with Crippen LogP contribution >= 0.6 is 0 Å². The van der Waals surface area contributed by atoms with Gasteiger partial charge in [0.05, 0.1) is 0 Å². The Kier molecular flexibility index (Phi) is 4.93. The number of benzene rings is 2. The van der Waals surface area contributed by atoms with Gasteiger partial charge in [0.25, 0.3) is 5.91 Å². The largest absolute Gasteiger partial charge is 0.476 e. The van der Waals surface area contributed by atoms with Crippen LogP contribution in [0.3, 0.4) is 0 Å². The number of hydrogen-bond acceptors (Lipinski definition) is 3. The maximum Gasteiger partial charge on any atom is 0.268 e. The predicted octanol–water partition coefficient (Wildman–Crippen LogP) is 2.65. The van der Waals surface area contributed by atoms with E-state index in [1.165, 1.54) is 0 Å². The van der Waals surface area contributed by atoms with E-state index in [2.05, 4.69) is 0 Å². The molecule has 1 aliphatic rings. The Morgan fingerprint density at radius 2 is 1.78 bits per heavy atom. The summed E-state index contributed by atoms with van der Waals surface area (Å²) in [7, 11) is 0. The zero-order valence-corrected chi connectivity index (χ0v) is 13.0. The Morgan fingerprint density at radius 1 is 1.13 bits per heavy atom. The molecule has 1 N–H and O–H groups in total. The van der Waals surface area contributed by atoms with Gasteiger partial charge in [-0.05, 0) is 18.6 Å². The second-order valence-corrected chi connectivity index (χ2v) is 5.84. The summed E-state index contributed by atoms with van der Waals surface area (Å²) in [5, 5.41) is 9.29. The first-order valence-corrected chi connectivity index (χ1v) is 7.94. The third-order valence-electron chi connectivity index (χ3n) is 4.18. The molecule has 3 rings (SSSR count). The zero-order valence-electron chi connectivity index (χ0n) is 13.0. The van der Waals surface area contributed by atoms with Crippen LogP contribution in [0.25, 0.3) is 0 Å². The molecule has 4 nitrogen and oxygen atoms in total. The molecular formula is C19H21NO3. The molecule has 2 atom stereocenters. The average molecular weight is 311 g/mol. The number of carbonyl (C=O) groups is 1. The standard InChI is InChI=1S/C19H21NO3/c21-14-15-11-12-20(13-15)19(22)18(16-7-3-1-4-8-16)23-17-9-5-2-6-10-17/h1-10,15,18,21H,11-14H2. The SMILES string of the molecule is O=C(C(Oc1ccccc1)c1ccccc1)N1CCC(CO)C1. The van der Waals surface area contributed by atoms with E-state index < -0.39 is 6.10 Å². The summed E-state index contributed by atoms with van der Waals surface area (Å²) in [5.41, 5.74) is 0.841. The van der Waals surface area contributed by atoms with Gasteiger partial charge in [-0.15, -0.1) is 0 Å². The highest BCUT2D eigenvalue weighted by Crippen LogP contribution is 2.26. The van der Waals surface area contributed by atoms with E-state index in [0.717, 1.165) is 12.0 Å². The van der Waals surface area contributed by atoms with Crippen molar-refractivity contribution in [2.24, 2.45) is 5.92 Å². The van der Waals surface area contributed by atoms with Crippen LogP contribution in [0.1, 0.15) is 18.1 Å². The molecule has 1 fully saturated rings. The maximum absolute atomic E-state index is 12.9. The fourth-order valence-electron chi connectivity index (χ4n) is 2.87. The van der Waals surface area contributed by atoms with Crippen LogP contribution in [0.5, 0.6) is 5.75 Å². The summed E-state index contributed by atoms with van der Waals surface area (Å²) in [5.74, 6) is 0.802. The first kappa shape index (κ1) is 15.6. The van der Waals surface area contributed by atoms with E-state index in [0.29, 0.717) is 18.8 Å². The summed E-state index contributed by atoms with van der Waals surface area (Å²) < 4.78 is 5.99. The minimum absolute atomic E-state index is 0.0454. The predicted molar refractivity (Wildman–Crippen MR) is 88.0 cm³/mol. The molecule has 2 aromatic carbocycles. The normalized spacial score (nSPS) is 18.7. The van der Waals surface area contributed by atoms with Crippen LogP contribution in [0.2, 0.25) is 0 Å². The summed E-state index contributed by atoms with van der Waals surface area (Å²) in [4.78, 5) is 14.7. The van der Waals surface area contributed by atoms with E-state index in [1.807, 2.05) is 60.7 Å². The number of nitrogens with zero attached hydrogens (tertiary/aromatic N) is 1. The van der Waals surface area contributed by atoms with Crippen LogP contribution in [0.15, 0.2) is 60.7 Å². The van der Waals surface area contributed by atoms with E-state index in [-0.39, 0.29) is 18.4 Å². The Bertz CT molecular complexity index is 630. The first-order chi connectivity index (χ1) is 11.3. The third kappa shape index (κ3) is 3.71. The molecule has 0 radical (unpaired) electrons. The summed E-state index contributed by atoms with van der Waals surface area (Å²) in [6.07, 6.45) is 0.186. The molecule has 23 heavy (non-hydrogen) atoms. The molecule has 0 bridgehead atoms. The first-order valence-electron chi connectivity index (χ1n) is 7.94. The highest BCUT2D eigenvalue weighted by molar-refractivity contribution is 5.83. The number of carbonyl (C=O) groups excluding carboxylic acids is 1. The average Bonchev–Trinajstić information content (AvgIpc) is 3.10. The van der Waals surface area contributed by atoms with E-state index in [1.54, 1.807) is 4.90 Å². The quantitative estimate of drug-likeness (QED) is 0.923. The van der Waals surface area contributed by atoms with Crippen LogP contribution in [0, 0.1) is 5.92 Å². The summed E-state index contributed by atoms with van der Waals surface area (Å²) in [6, 6.07) is 18.9. The van der Waals surface area contributed by atoms with Gasteiger partial charge in [0.1, 0.15) is 5.75 Å². The number of aliphatic hydroxyl groups is 1. The Morgan fingerprint density at radius 3 is 2.39 bits per heavy atom. The molecule has 1 amide bonds. The number of rotatable bonds is 5. The van der Waals surface area contributed by atoms with Gasteiger partial charge in [0, 0.05) is 31.2 Å². The van der Waals surface area contributed by atoms with Crippen LogP contribution in [-0.2, 0) is 4.79 Å². The lowest BCUT2D eigenvalue weighted by atomic mass is 10.1. The molecule has 1 saturated heterocycles. The minimum Gasteiger partial charge on any atom is -0.476 e. The van der Waals surface area contributed by atoms with Gasteiger partial charge in [0.15, 0.2) is 0 Å². The molecular weight excluding hydrogens is 290 g/mol. The van der Waals surface area contributed by atoms with Crippen LogP contribution in [-0.4, -0.2) is 35.6 Å². The van der Waals surface area contributed by atoms with Crippen molar-refractivity contribution < 1.29 is 14.6 Å². The number of likely N-dealkylation sites (tertiary alicyclic amines) is 1. The zero-order chi connectivity index (χ0) is 16.1. The molecule has 120 valence electrons. The minimum atomic E-state index is -0.656.